The maximum Gasteiger partial charge on any atom is 0.253 e. The number of hydrogen-bond acceptors (Lipinski definition) is 4. The van der Waals surface area contributed by atoms with Gasteiger partial charge in [-0.15, -0.1) is 5.10 Å². The van der Waals surface area contributed by atoms with E-state index in [4.69, 9.17) is 4.74 Å². The van der Waals surface area contributed by atoms with Gasteiger partial charge in [-0.1, -0.05) is 11.6 Å². The Bertz CT molecular complexity index is 823. The average molecular weight is 380 g/mol. The third kappa shape index (κ3) is 3.52. The molecule has 1 amide bonds. The lowest BCUT2D eigenvalue weighted by Gasteiger charge is -2.32. The lowest BCUT2D eigenvalue weighted by molar-refractivity contribution is 0.0671. The SMILES string of the molecule is O=C(c1ccc(OC2CCC2)cc1)N1CCCC(n2cc(C3CCC3)nn2)C1. The summed E-state index contributed by atoms with van der Waals surface area (Å²) in [5, 5.41) is 8.76. The number of carbonyl (C=O) groups is 1. The monoisotopic (exact) mass is 380 g/mol. The Morgan fingerprint density at radius 2 is 1.79 bits per heavy atom. The highest BCUT2D eigenvalue weighted by Crippen LogP contribution is 2.35. The van der Waals surface area contributed by atoms with Gasteiger partial charge in [0.25, 0.3) is 5.91 Å². The number of benzene rings is 1. The van der Waals surface area contributed by atoms with E-state index in [2.05, 4.69) is 16.5 Å². The van der Waals surface area contributed by atoms with Crippen LogP contribution in [0.5, 0.6) is 5.75 Å². The lowest BCUT2D eigenvalue weighted by atomic mass is 9.83. The van der Waals surface area contributed by atoms with Crippen LogP contribution in [0.2, 0.25) is 0 Å². The van der Waals surface area contributed by atoms with Crippen molar-refractivity contribution in [3.63, 3.8) is 0 Å². The van der Waals surface area contributed by atoms with E-state index in [9.17, 15) is 4.79 Å². The number of amides is 1. The van der Waals surface area contributed by atoms with Gasteiger partial charge in [0.1, 0.15) is 5.75 Å². The first-order valence-electron chi connectivity index (χ1n) is 10.7. The van der Waals surface area contributed by atoms with Crippen molar-refractivity contribution in [2.75, 3.05) is 13.1 Å². The molecule has 3 fully saturated rings. The van der Waals surface area contributed by atoms with Crippen molar-refractivity contribution in [2.24, 2.45) is 0 Å². The van der Waals surface area contributed by atoms with Crippen molar-refractivity contribution < 1.29 is 9.53 Å². The van der Waals surface area contributed by atoms with Crippen LogP contribution in [0.3, 0.4) is 0 Å². The molecule has 6 heteroatoms. The lowest BCUT2D eigenvalue weighted by Crippen LogP contribution is -2.40. The second-order valence-electron chi connectivity index (χ2n) is 8.49. The highest BCUT2D eigenvalue weighted by molar-refractivity contribution is 5.94. The largest absolute Gasteiger partial charge is 0.490 e. The van der Waals surface area contributed by atoms with Gasteiger partial charge < -0.3 is 9.64 Å². The predicted octanol–water partition coefficient (Wildman–Crippen LogP) is 3.95. The third-order valence-electron chi connectivity index (χ3n) is 6.57. The molecule has 148 valence electrons. The summed E-state index contributed by atoms with van der Waals surface area (Å²) in [6.07, 6.45) is 11.8. The molecule has 2 aliphatic carbocycles. The third-order valence-corrected chi connectivity index (χ3v) is 6.57. The smallest absolute Gasteiger partial charge is 0.253 e. The Balaban J connectivity index is 1.22. The summed E-state index contributed by atoms with van der Waals surface area (Å²) in [6, 6.07) is 7.86. The normalized spacial score (nSPS) is 23.1. The van der Waals surface area contributed by atoms with E-state index in [0.29, 0.717) is 18.6 Å². The number of ether oxygens (including phenoxy) is 1. The van der Waals surface area contributed by atoms with E-state index in [1.807, 2.05) is 33.8 Å². The summed E-state index contributed by atoms with van der Waals surface area (Å²) >= 11 is 0. The van der Waals surface area contributed by atoms with Crippen molar-refractivity contribution in [2.45, 2.75) is 69.4 Å². The number of piperidine rings is 1. The molecule has 1 saturated heterocycles. The Kier molecular flexibility index (Phi) is 4.79. The molecule has 2 saturated carbocycles. The molecule has 1 atom stereocenters. The average Bonchev–Trinajstić information content (AvgIpc) is 3.13. The fraction of sp³-hybridized carbons (Fsp3) is 0.591. The Labute approximate surface area is 165 Å². The fourth-order valence-electron chi connectivity index (χ4n) is 4.25. The molecular weight excluding hydrogens is 352 g/mol. The number of rotatable bonds is 5. The standard InChI is InChI=1S/C22H28N4O2/c27-22(17-9-11-20(12-10-17)28-19-7-2-8-19)25-13-3-6-18(14-25)26-15-21(23-24-26)16-4-1-5-16/h9-12,15-16,18-19H,1-8,13-14H2. The second-order valence-corrected chi connectivity index (χ2v) is 8.49. The topological polar surface area (TPSA) is 60.2 Å². The van der Waals surface area contributed by atoms with E-state index in [1.165, 1.54) is 25.7 Å². The van der Waals surface area contributed by atoms with Crippen LogP contribution in [0.1, 0.15) is 79.4 Å². The maximum atomic E-state index is 13.0. The van der Waals surface area contributed by atoms with Crippen molar-refractivity contribution in [1.29, 1.82) is 0 Å². The summed E-state index contributed by atoms with van der Waals surface area (Å²) in [5.41, 5.74) is 1.85. The van der Waals surface area contributed by atoms with E-state index >= 15 is 0 Å². The molecule has 1 aliphatic heterocycles. The minimum Gasteiger partial charge on any atom is -0.490 e. The summed E-state index contributed by atoms with van der Waals surface area (Å²) in [7, 11) is 0. The van der Waals surface area contributed by atoms with Crippen LogP contribution in [-0.2, 0) is 0 Å². The van der Waals surface area contributed by atoms with Crippen LogP contribution in [0.4, 0.5) is 0 Å². The molecule has 1 unspecified atom stereocenters. The number of aromatic nitrogens is 3. The molecular formula is C22H28N4O2. The first kappa shape index (κ1) is 17.7. The first-order valence-corrected chi connectivity index (χ1v) is 10.7. The Morgan fingerprint density at radius 1 is 1.00 bits per heavy atom. The van der Waals surface area contributed by atoms with Gasteiger partial charge in [-0.05, 0) is 69.2 Å². The van der Waals surface area contributed by atoms with Crippen LogP contribution in [0, 0.1) is 0 Å². The Hall–Kier alpha value is -2.37. The summed E-state index contributed by atoms with van der Waals surface area (Å²) in [4.78, 5) is 14.9. The van der Waals surface area contributed by atoms with E-state index in [1.54, 1.807) is 0 Å². The predicted molar refractivity (Wildman–Crippen MR) is 105 cm³/mol. The molecule has 3 aliphatic rings. The summed E-state index contributed by atoms with van der Waals surface area (Å²) in [5.74, 6) is 1.55. The van der Waals surface area contributed by atoms with Crippen LogP contribution in [0.25, 0.3) is 0 Å². The molecule has 0 spiro atoms. The summed E-state index contributed by atoms with van der Waals surface area (Å²) < 4.78 is 7.89. The number of hydrogen-bond donors (Lipinski definition) is 0. The van der Waals surface area contributed by atoms with Gasteiger partial charge in [-0.2, -0.15) is 0 Å². The molecule has 1 aromatic carbocycles. The van der Waals surface area contributed by atoms with Gasteiger partial charge in [0, 0.05) is 30.8 Å². The van der Waals surface area contributed by atoms with Crippen molar-refractivity contribution >= 4 is 5.91 Å². The highest BCUT2D eigenvalue weighted by atomic mass is 16.5. The van der Waals surface area contributed by atoms with Gasteiger partial charge in [-0.3, -0.25) is 4.79 Å². The number of likely N-dealkylation sites (tertiary alicyclic amines) is 1. The van der Waals surface area contributed by atoms with Crippen molar-refractivity contribution in [3.05, 3.63) is 41.7 Å². The Morgan fingerprint density at radius 3 is 2.46 bits per heavy atom. The van der Waals surface area contributed by atoms with Crippen LogP contribution in [-0.4, -0.2) is 45.0 Å². The zero-order chi connectivity index (χ0) is 18.9. The number of nitrogens with zero attached hydrogens (tertiary/aromatic N) is 4. The van der Waals surface area contributed by atoms with Gasteiger partial charge in [0.05, 0.1) is 17.8 Å². The maximum absolute atomic E-state index is 13.0. The molecule has 2 aromatic rings. The van der Waals surface area contributed by atoms with Crippen LogP contribution < -0.4 is 4.74 Å². The first-order chi connectivity index (χ1) is 13.8. The molecule has 0 bridgehead atoms. The van der Waals surface area contributed by atoms with Crippen molar-refractivity contribution in [3.8, 4) is 5.75 Å². The zero-order valence-corrected chi connectivity index (χ0v) is 16.3. The van der Waals surface area contributed by atoms with Crippen molar-refractivity contribution in [1.82, 2.24) is 19.9 Å². The number of carbonyl (C=O) groups excluding carboxylic acids is 1. The molecule has 2 heterocycles. The molecule has 1 aromatic heterocycles. The van der Waals surface area contributed by atoms with Gasteiger partial charge >= 0.3 is 0 Å². The highest BCUT2D eigenvalue weighted by Gasteiger charge is 2.28. The van der Waals surface area contributed by atoms with E-state index < -0.39 is 0 Å². The molecule has 6 nitrogen and oxygen atoms in total. The fourth-order valence-corrected chi connectivity index (χ4v) is 4.25. The molecule has 28 heavy (non-hydrogen) atoms. The minimum absolute atomic E-state index is 0.0965. The molecule has 0 N–H and O–H groups in total. The van der Waals surface area contributed by atoms with Gasteiger partial charge in [0.2, 0.25) is 0 Å². The second kappa shape index (κ2) is 7.57. The zero-order valence-electron chi connectivity index (χ0n) is 16.3. The minimum atomic E-state index is 0.0965. The molecule has 0 radical (unpaired) electrons. The van der Waals surface area contributed by atoms with E-state index in [0.717, 1.165) is 49.2 Å². The quantitative estimate of drug-likeness (QED) is 0.788. The van der Waals surface area contributed by atoms with Crippen LogP contribution >= 0.6 is 0 Å². The van der Waals surface area contributed by atoms with E-state index in [-0.39, 0.29) is 11.9 Å². The summed E-state index contributed by atoms with van der Waals surface area (Å²) in [6.45, 7) is 1.51. The van der Waals surface area contributed by atoms with Crippen LogP contribution in [0.15, 0.2) is 30.5 Å². The van der Waals surface area contributed by atoms with Gasteiger partial charge in [-0.25, -0.2) is 4.68 Å². The molecule has 5 rings (SSSR count). The van der Waals surface area contributed by atoms with Gasteiger partial charge in [0.15, 0.2) is 0 Å².